The van der Waals surface area contributed by atoms with Gasteiger partial charge in [-0.25, -0.2) is 4.79 Å². The number of aliphatic carboxylic acids is 1. The molecule has 0 spiro atoms. The first-order chi connectivity index (χ1) is 5.54. The van der Waals surface area contributed by atoms with Gasteiger partial charge in [0.1, 0.15) is 0 Å². The molecule has 0 bridgehead atoms. The minimum Gasteiger partial charge on any atom is -0.480 e. The maximum Gasteiger partial charge on any atom is 0.329 e. The molecule has 1 saturated heterocycles. The first-order valence-electron chi connectivity index (χ1n) is 3.74. The highest BCUT2D eigenvalue weighted by Crippen LogP contribution is 2.15. The average Bonchev–Trinajstić information content (AvgIpc) is 1.95. The molecule has 12 heavy (non-hydrogen) atoms. The number of carboxylic acid groups (broad SMARTS) is 1. The molecule has 0 unspecified atom stereocenters. The zero-order valence-corrected chi connectivity index (χ0v) is 6.73. The summed E-state index contributed by atoms with van der Waals surface area (Å²) >= 11 is 0. The Hall–Kier alpha value is -1.10. The molecular formula is C7H11NO4. The Balaban J connectivity index is 2.66. The van der Waals surface area contributed by atoms with Gasteiger partial charge in [-0.15, -0.1) is 0 Å². The Morgan fingerprint density at radius 1 is 1.67 bits per heavy atom. The fourth-order valence-electron chi connectivity index (χ4n) is 1.23. The van der Waals surface area contributed by atoms with Crippen LogP contribution in [-0.4, -0.2) is 45.7 Å². The van der Waals surface area contributed by atoms with E-state index in [-0.39, 0.29) is 5.91 Å². The summed E-state index contributed by atoms with van der Waals surface area (Å²) < 4.78 is 0. The van der Waals surface area contributed by atoms with Crippen LogP contribution in [0.3, 0.4) is 0 Å². The van der Waals surface area contributed by atoms with Crippen molar-refractivity contribution < 1.29 is 19.8 Å². The smallest absolute Gasteiger partial charge is 0.329 e. The number of hydrogen-bond donors (Lipinski definition) is 2. The second-order valence-corrected chi connectivity index (χ2v) is 2.86. The number of carbonyl (C=O) groups is 2. The van der Waals surface area contributed by atoms with E-state index < -0.39 is 18.1 Å². The Kier molecular flexibility index (Phi) is 2.32. The van der Waals surface area contributed by atoms with Gasteiger partial charge in [-0.05, 0) is 6.92 Å². The lowest BCUT2D eigenvalue weighted by Gasteiger charge is -2.36. The second-order valence-electron chi connectivity index (χ2n) is 2.86. The van der Waals surface area contributed by atoms with Crippen LogP contribution in [0.4, 0.5) is 0 Å². The summed E-state index contributed by atoms with van der Waals surface area (Å²) in [5.74, 6) is -1.36. The van der Waals surface area contributed by atoms with E-state index in [9.17, 15) is 9.59 Å². The molecule has 2 atom stereocenters. The highest BCUT2D eigenvalue weighted by Gasteiger charge is 2.38. The van der Waals surface area contributed by atoms with Gasteiger partial charge < -0.3 is 15.1 Å². The zero-order chi connectivity index (χ0) is 9.30. The molecule has 1 rings (SSSR count). The topological polar surface area (TPSA) is 77.8 Å². The van der Waals surface area contributed by atoms with Crippen molar-refractivity contribution in [1.82, 2.24) is 4.90 Å². The van der Waals surface area contributed by atoms with E-state index >= 15 is 0 Å². The summed E-state index contributed by atoms with van der Waals surface area (Å²) in [7, 11) is 0. The number of aliphatic hydroxyl groups excluding tert-OH is 1. The summed E-state index contributed by atoms with van der Waals surface area (Å²) in [5.41, 5.74) is 0. The number of hydrogen-bond acceptors (Lipinski definition) is 3. The number of rotatable bonds is 3. The Morgan fingerprint density at radius 3 is 2.33 bits per heavy atom. The highest BCUT2D eigenvalue weighted by molar-refractivity contribution is 5.87. The van der Waals surface area contributed by atoms with E-state index in [0.29, 0.717) is 13.0 Å². The Morgan fingerprint density at radius 2 is 2.25 bits per heavy atom. The predicted octanol–water partition coefficient (Wildman–Crippen LogP) is -0.947. The van der Waals surface area contributed by atoms with Gasteiger partial charge >= 0.3 is 5.97 Å². The first kappa shape index (κ1) is 8.99. The van der Waals surface area contributed by atoms with E-state index in [0.717, 1.165) is 0 Å². The first-order valence-corrected chi connectivity index (χ1v) is 3.74. The molecule has 0 aromatic carbocycles. The number of carbonyl (C=O) groups excluding carboxylic acids is 1. The van der Waals surface area contributed by atoms with Crippen molar-refractivity contribution in [2.45, 2.75) is 25.5 Å². The van der Waals surface area contributed by atoms with Crippen molar-refractivity contribution in [2.75, 3.05) is 6.54 Å². The second kappa shape index (κ2) is 3.10. The summed E-state index contributed by atoms with van der Waals surface area (Å²) in [6.07, 6.45) is -0.636. The summed E-state index contributed by atoms with van der Waals surface area (Å²) in [6, 6.07) is -1.08. The lowest BCUT2D eigenvalue weighted by atomic mass is 10.1. The summed E-state index contributed by atoms with van der Waals surface area (Å²) in [6.45, 7) is 1.80. The SMILES string of the molecule is C[C@H](O)[C@H](C(=O)O)N1CCC1=O. The van der Waals surface area contributed by atoms with Crippen LogP contribution in [0.5, 0.6) is 0 Å². The number of nitrogens with zero attached hydrogens (tertiary/aromatic N) is 1. The number of β-lactam (4-membered cyclic amide) rings is 1. The minimum absolute atomic E-state index is 0.205. The van der Waals surface area contributed by atoms with E-state index in [1.165, 1.54) is 11.8 Å². The van der Waals surface area contributed by atoms with Gasteiger partial charge in [-0.3, -0.25) is 4.79 Å². The van der Waals surface area contributed by atoms with Gasteiger partial charge in [0.15, 0.2) is 6.04 Å². The molecular weight excluding hydrogens is 162 g/mol. The number of likely N-dealkylation sites (tertiary alicyclic amines) is 1. The largest absolute Gasteiger partial charge is 0.480 e. The molecule has 0 aliphatic carbocycles. The Bertz CT molecular complexity index is 213. The van der Waals surface area contributed by atoms with E-state index in [4.69, 9.17) is 10.2 Å². The van der Waals surface area contributed by atoms with Crippen LogP contribution in [0.25, 0.3) is 0 Å². The molecule has 0 saturated carbocycles. The number of aliphatic hydroxyl groups is 1. The summed E-state index contributed by atoms with van der Waals surface area (Å²) in [4.78, 5) is 22.6. The van der Waals surface area contributed by atoms with Crippen LogP contribution in [0, 0.1) is 0 Å². The third kappa shape index (κ3) is 1.40. The third-order valence-corrected chi connectivity index (χ3v) is 1.93. The molecule has 0 aromatic rings. The quantitative estimate of drug-likeness (QED) is 0.539. The molecule has 68 valence electrons. The van der Waals surface area contributed by atoms with Crippen LogP contribution < -0.4 is 0 Å². The fourth-order valence-corrected chi connectivity index (χ4v) is 1.23. The molecule has 1 heterocycles. The Labute approximate surface area is 69.6 Å². The van der Waals surface area contributed by atoms with Crippen molar-refractivity contribution >= 4 is 11.9 Å². The summed E-state index contributed by atoms with van der Waals surface area (Å²) in [5, 5.41) is 17.7. The van der Waals surface area contributed by atoms with Crippen LogP contribution >= 0.6 is 0 Å². The van der Waals surface area contributed by atoms with Crippen LogP contribution in [0.2, 0.25) is 0 Å². The molecule has 1 fully saturated rings. The minimum atomic E-state index is -1.15. The molecule has 1 amide bonds. The van der Waals surface area contributed by atoms with E-state index in [1.807, 2.05) is 0 Å². The van der Waals surface area contributed by atoms with Gasteiger partial charge in [-0.1, -0.05) is 0 Å². The molecule has 0 radical (unpaired) electrons. The molecule has 5 nitrogen and oxygen atoms in total. The van der Waals surface area contributed by atoms with Gasteiger partial charge in [0, 0.05) is 13.0 Å². The van der Waals surface area contributed by atoms with Gasteiger partial charge in [-0.2, -0.15) is 0 Å². The average molecular weight is 173 g/mol. The van der Waals surface area contributed by atoms with Crippen molar-refractivity contribution in [3.8, 4) is 0 Å². The molecule has 0 aromatic heterocycles. The highest BCUT2D eigenvalue weighted by atomic mass is 16.4. The predicted molar refractivity (Wildman–Crippen MR) is 39.4 cm³/mol. The van der Waals surface area contributed by atoms with Gasteiger partial charge in [0.25, 0.3) is 0 Å². The van der Waals surface area contributed by atoms with Crippen molar-refractivity contribution in [3.63, 3.8) is 0 Å². The third-order valence-electron chi connectivity index (χ3n) is 1.93. The van der Waals surface area contributed by atoms with E-state index in [2.05, 4.69) is 0 Å². The normalized spacial score (nSPS) is 21.5. The molecule has 2 N–H and O–H groups in total. The maximum atomic E-state index is 10.8. The molecule has 1 aliphatic rings. The van der Waals surface area contributed by atoms with Crippen LogP contribution in [0.15, 0.2) is 0 Å². The number of carboxylic acids is 1. The standard InChI is InChI=1S/C7H11NO4/c1-4(9)6(7(11)12)8-3-2-5(8)10/h4,6,9H,2-3H2,1H3,(H,11,12)/t4-,6+/m0/s1. The van der Waals surface area contributed by atoms with Crippen LogP contribution in [-0.2, 0) is 9.59 Å². The van der Waals surface area contributed by atoms with E-state index in [1.54, 1.807) is 0 Å². The van der Waals surface area contributed by atoms with Crippen molar-refractivity contribution in [3.05, 3.63) is 0 Å². The van der Waals surface area contributed by atoms with Gasteiger partial charge in [0.2, 0.25) is 5.91 Å². The fraction of sp³-hybridized carbons (Fsp3) is 0.714. The van der Waals surface area contributed by atoms with Crippen LogP contribution in [0.1, 0.15) is 13.3 Å². The zero-order valence-electron chi connectivity index (χ0n) is 6.73. The maximum absolute atomic E-state index is 10.8. The van der Waals surface area contributed by atoms with Gasteiger partial charge in [0.05, 0.1) is 6.10 Å². The lowest BCUT2D eigenvalue weighted by Crippen LogP contribution is -2.57. The lowest BCUT2D eigenvalue weighted by molar-refractivity contribution is -0.161. The van der Waals surface area contributed by atoms with Crippen molar-refractivity contribution in [1.29, 1.82) is 0 Å². The van der Waals surface area contributed by atoms with Crippen molar-refractivity contribution in [2.24, 2.45) is 0 Å². The molecule has 5 heteroatoms. The molecule has 1 aliphatic heterocycles. The number of amides is 1. The monoisotopic (exact) mass is 173 g/mol.